The predicted molar refractivity (Wildman–Crippen MR) is 316 cm³/mol. The first-order valence-electron chi connectivity index (χ1n) is 33.0. The van der Waals surface area contributed by atoms with Gasteiger partial charge in [0.1, 0.15) is 0 Å². The molecule has 0 aromatic carbocycles. The summed E-state index contributed by atoms with van der Waals surface area (Å²) in [7, 11) is 0. The summed E-state index contributed by atoms with van der Waals surface area (Å²) in [5.41, 5.74) is 1.68. The number of hydrogen-bond donors (Lipinski definition) is 0. The molecule has 0 amide bonds. The summed E-state index contributed by atoms with van der Waals surface area (Å²) in [6.07, 6.45) is 73.1. The number of rotatable bonds is 54. The van der Waals surface area contributed by atoms with Crippen molar-refractivity contribution in [2.45, 2.75) is 404 Å². The lowest BCUT2D eigenvalue weighted by molar-refractivity contribution is -0.155. The highest BCUT2D eigenvalue weighted by molar-refractivity contribution is 5.10. The van der Waals surface area contributed by atoms with Crippen LogP contribution in [0.2, 0.25) is 0 Å². The Kier molecular flexibility index (Phi) is 45.6. The zero-order chi connectivity index (χ0) is 50.5. The van der Waals surface area contributed by atoms with Gasteiger partial charge in [0, 0.05) is 0 Å². The van der Waals surface area contributed by atoms with Crippen molar-refractivity contribution in [1.29, 1.82) is 0 Å². The second-order valence-electron chi connectivity index (χ2n) is 25.8. The summed E-state index contributed by atoms with van der Waals surface area (Å²) in [6, 6.07) is 0. The van der Waals surface area contributed by atoms with Crippen LogP contribution in [0.3, 0.4) is 0 Å². The molecule has 0 saturated heterocycles. The third-order valence-electron chi connectivity index (χ3n) is 18.2. The van der Waals surface area contributed by atoms with Crippen LogP contribution in [0.25, 0.3) is 0 Å². The van der Waals surface area contributed by atoms with E-state index in [9.17, 15) is 0 Å². The fourth-order valence-corrected chi connectivity index (χ4v) is 14.5. The Morgan fingerprint density at radius 1 is 0.265 bits per heavy atom. The molecule has 0 aromatic heterocycles. The molecule has 68 heavy (non-hydrogen) atoms. The standard InChI is InChI=1S/C68H138/c1-13-21-28-34-38-41-46-52-59-67(56-49-43-37-31-24-16-4,58-51-45-40-36-30-23-15-3)68(61-63(9)60-65(10,11)12,62-64(20-8)53-27-19-7)66(54-47-33-26-18-6,55-48-42-32-25-17-5)57-50-44-39-35-29-22-14-2/h63-64H,13-62H2,1-12H3. The minimum Gasteiger partial charge on any atom is -0.0654 e. The Labute approximate surface area is 435 Å². The van der Waals surface area contributed by atoms with E-state index in [-0.39, 0.29) is 0 Å². The molecular weight excluding hydrogens is 817 g/mol. The van der Waals surface area contributed by atoms with Gasteiger partial charge in [-0.2, -0.15) is 0 Å². The maximum absolute atomic E-state index is 2.81. The quantitative estimate of drug-likeness (QED) is 0.0533. The summed E-state index contributed by atoms with van der Waals surface area (Å²) >= 11 is 0. The van der Waals surface area contributed by atoms with Crippen LogP contribution in [0, 0.1) is 33.5 Å². The molecule has 0 aliphatic rings. The molecule has 5 atom stereocenters. The van der Waals surface area contributed by atoms with Crippen LogP contribution < -0.4 is 0 Å². The normalized spacial score (nSPS) is 15.9. The molecule has 0 fully saturated rings. The fraction of sp³-hybridized carbons (Fsp3) is 1.00. The smallest absolute Gasteiger partial charge is 0.0179 e. The predicted octanol–water partition coefficient (Wildman–Crippen LogP) is 25.9. The second kappa shape index (κ2) is 45.6. The summed E-state index contributed by atoms with van der Waals surface area (Å²) in [5, 5.41) is 0. The van der Waals surface area contributed by atoms with E-state index in [2.05, 4.69) is 83.1 Å². The van der Waals surface area contributed by atoms with Gasteiger partial charge in [-0.1, -0.05) is 346 Å². The van der Waals surface area contributed by atoms with Crippen molar-refractivity contribution in [1.82, 2.24) is 0 Å². The largest absolute Gasteiger partial charge is 0.0654 e. The van der Waals surface area contributed by atoms with Crippen molar-refractivity contribution in [2.75, 3.05) is 0 Å². The highest BCUT2D eigenvalue weighted by Gasteiger charge is 2.60. The van der Waals surface area contributed by atoms with E-state index in [0.29, 0.717) is 21.7 Å². The Bertz CT molecular complexity index is 1000. The van der Waals surface area contributed by atoms with Gasteiger partial charge in [0.15, 0.2) is 0 Å². The molecule has 0 spiro atoms. The van der Waals surface area contributed by atoms with Crippen molar-refractivity contribution in [3.05, 3.63) is 0 Å². The van der Waals surface area contributed by atoms with Gasteiger partial charge >= 0.3 is 0 Å². The van der Waals surface area contributed by atoms with Gasteiger partial charge in [0.25, 0.3) is 0 Å². The highest BCUT2D eigenvalue weighted by atomic mass is 14.6. The molecule has 410 valence electrons. The van der Waals surface area contributed by atoms with Gasteiger partial charge in [-0.3, -0.25) is 0 Å². The van der Waals surface area contributed by atoms with Gasteiger partial charge in [-0.15, -0.1) is 0 Å². The van der Waals surface area contributed by atoms with Gasteiger partial charge in [-0.25, -0.2) is 0 Å². The topological polar surface area (TPSA) is 0 Å². The average Bonchev–Trinajstić information content (AvgIpc) is 3.31. The average molecular weight is 956 g/mol. The lowest BCUT2D eigenvalue weighted by atomic mass is 9.40. The van der Waals surface area contributed by atoms with Crippen molar-refractivity contribution < 1.29 is 0 Å². The van der Waals surface area contributed by atoms with Crippen LogP contribution in [0.4, 0.5) is 0 Å². The molecule has 0 aromatic rings. The first kappa shape index (κ1) is 68.0. The molecule has 0 heterocycles. The third-order valence-corrected chi connectivity index (χ3v) is 18.2. The SMILES string of the molecule is CCCCCCCCCCC(CCCCCCCC)(CCCCCCCCC)C(CC(C)CC(C)(C)C)(CC(CC)CCCC)C(CCCCCC)(CCCCCCC)CCCCCCCCC. The first-order chi connectivity index (χ1) is 33.0. The monoisotopic (exact) mass is 955 g/mol. The van der Waals surface area contributed by atoms with E-state index < -0.39 is 0 Å². The highest BCUT2D eigenvalue weighted by Crippen LogP contribution is 2.70. The van der Waals surface area contributed by atoms with Crippen molar-refractivity contribution in [3.63, 3.8) is 0 Å². The molecular formula is C68H138. The summed E-state index contributed by atoms with van der Waals surface area (Å²) in [6.45, 7) is 30.2. The minimum absolute atomic E-state index is 0.373. The van der Waals surface area contributed by atoms with Gasteiger partial charge in [0.2, 0.25) is 0 Å². The van der Waals surface area contributed by atoms with E-state index in [1.54, 1.807) is 32.1 Å². The summed E-state index contributed by atoms with van der Waals surface area (Å²) in [5.74, 6) is 1.65. The van der Waals surface area contributed by atoms with Crippen LogP contribution in [-0.2, 0) is 0 Å². The van der Waals surface area contributed by atoms with Gasteiger partial charge < -0.3 is 0 Å². The van der Waals surface area contributed by atoms with Crippen molar-refractivity contribution in [3.8, 4) is 0 Å². The van der Waals surface area contributed by atoms with Crippen molar-refractivity contribution >= 4 is 0 Å². The molecule has 0 N–H and O–H groups in total. The van der Waals surface area contributed by atoms with Crippen LogP contribution in [0.1, 0.15) is 404 Å². The fourth-order valence-electron chi connectivity index (χ4n) is 14.5. The molecule has 0 aliphatic heterocycles. The maximum atomic E-state index is 2.81. The number of hydrogen-bond acceptors (Lipinski definition) is 0. The molecule has 0 heteroatoms. The van der Waals surface area contributed by atoms with Crippen LogP contribution in [0.5, 0.6) is 0 Å². The minimum atomic E-state index is 0.373. The number of unbranched alkanes of at least 4 members (excludes halogenated alkanes) is 32. The van der Waals surface area contributed by atoms with E-state index in [4.69, 9.17) is 0 Å². The molecule has 0 aliphatic carbocycles. The lowest BCUT2D eigenvalue weighted by Crippen LogP contribution is -2.56. The van der Waals surface area contributed by atoms with E-state index in [1.165, 1.54) is 289 Å². The van der Waals surface area contributed by atoms with Crippen molar-refractivity contribution in [2.24, 2.45) is 33.5 Å². The Morgan fingerprint density at radius 2 is 0.500 bits per heavy atom. The van der Waals surface area contributed by atoms with Crippen LogP contribution >= 0.6 is 0 Å². The van der Waals surface area contributed by atoms with Crippen LogP contribution in [-0.4, -0.2) is 0 Å². The molecule has 0 nitrogen and oxygen atoms in total. The zero-order valence-corrected chi connectivity index (χ0v) is 50.5. The summed E-state index contributed by atoms with van der Waals surface area (Å²) < 4.78 is 0. The molecule has 0 rings (SSSR count). The van der Waals surface area contributed by atoms with Crippen LogP contribution in [0.15, 0.2) is 0 Å². The molecule has 0 radical (unpaired) electrons. The van der Waals surface area contributed by atoms with Gasteiger partial charge in [0.05, 0.1) is 0 Å². The van der Waals surface area contributed by atoms with E-state index >= 15 is 0 Å². The van der Waals surface area contributed by atoms with Gasteiger partial charge in [-0.05, 0) is 91.3 Å². The summed E-state index contributed by atoms with van der Waals surface area (Å²) in [4.78, 5) is 0. The lowest BCUT2D eigenvalue weighted by Gasteiger charge is -2.65. The van der Waals surface area contributed by atoms with E-state index in [1.807, 2.05) is 0 Å². The maximum Gasteiger partial charge on any atom is -0.0179 e. The molecule has 0 bridgehead atoms. The second-order valence-corrected chi connectivity index (χ2v) is 25.8. The Morgan fingerprint density at radius 3 is 0.735 bits per heavy atom. The molecule has 0 saturated carbocycles. The zero-order valence-electron chi connectivity index (χ0n) is 50.5. The first-order valence-corrected chi connectivity index (χ1v) is 33.0. The third kappa shape index (κ3) is 31.6. The van der Waals surface area contributed by atoms with E-state index in [0.717, 1.165) is 11.8 Å². The Balaban J connectivity index is 8.54. The molecule has 5 unspecified atom stereocenters. The Hall–Kier alpha value is 0.